The van der Waals surface area contributed by atoms with Crippen LogP contribution in [0.1, 0.15) is 41.3 Å². The van der Waals surface area contributed by atoms with Crippen molar-refractivity contribution in [3.8, 4) is 0 Å². The lowest BCUT2D eigenvalue weighted by molar-refractivity contribution is 0.0966. The second kappa shape index (κ2) is 5.00. The molecule has 2 heteroatoms. The van der Waals surface area contributed by atoms with Crippen LogP contribution in [0.4, 0.5) is 0 Å². The third-order valence-corrected chi connectivity index (χ3v) is 2.95. The van der Waals surface area contributed by atoms with Crippen LogP contribution in [0.15, 0.2) is 42.5 Å². The van der Waals surface area contributed by atoms with Crippen molar-refractivity contribution in [2.24, 2.45) is 0 Å². The first-order valence-corrected chi connectivity index (χ1v) is 5.93. The Hall–Kier alpha value is -1.83. The Morgan fingerprint density at radius 2 is 1.76 bits per heavy atom. The predicted octanol–water partition coefficient (Wildman–Crippen LogP) is 3.18. The molecule has 1 aliphatic rings. The Balaban J connectivity index is 2.54. The van der Waals surface area contributed by atoms with Gasteiger partial charge in [-0.1, -0.05) is 50.2 Å². The topological polar surface area (TPSA) is 29.1 Å². The van der Waals surface area contributed by atoms with Crippen LogP contribution in [-0.2, 0) is 6.54 Å². The number of hydrogen-bond acceptors (Lipinski definition) is 1. The molecule has 88 valence electrons. The number of fused-ring (bicyclic) bond motifs is 1. The van der Waals surface area contributed by atoms with Crippen LogP contribution < -0.4 is 5.32 Å². The number of amides is 1. The predicted molar refractivity (Wildman–Crippen MR) is 69.3 cm³/mol. The molecule has 2 rings (SSSR count). The number of hydrogen-bond donors (Lipinski definition) is 1. The highest BCUT2D eigenvalue weighted by Gasteiger charge is 2.15. The van der Waals surface area contributed by atoms with Crippen molar-refractivity contribution in [1.82, 2.24) is 5.32 Å². The minimum atomic E-state index is 0.0166. The molecule has 0 bridgehead atoms. The number of rotatable bonds is 1. The van der Waals surface area contributed by atoms with Gasteiger partial charge in [0, 0.05) is 12.1 Å². The van der Waals surface area contributed by atoms with E-state index in [2.05, 4.69) is 31.3 Å². The van der Waals surface area contributed by atoms with Gasteiger partial charge >= 0.3 is 0 Å². The van der Waals surface area contributed by atoms with Crippen molar-refractivity contribution >= 4 is 5.91 Å². The van der Waals surface area contributed by atoms with Crippen LogP contribution in [0.25, 0.3) is 0 Å². The summed E-state index contributed by atoms with van der Waals surface area (Å²) in [5.41, 5.74) is 3.11. The van der Waals surface area contributed by atoms with E-state index in [9.17, 15) is 4.79 Å². The van der Waals surface area contributed by atoms with Crippen LogP contribution in [0.5, 0.6) is 0 Å². The summed E-state index contributed by atoms with van der Waals surface area (Å²) >= 11 is 0. The van der Waals surface area contributed by atoms with Gasteiger partial charge < -0.3 is 5.32 Å². The highest BCUT2D eigenvalue weighted by atomic mass is 16.1. The summed E-state index contributed by atoms with van der Waals surface area (Å²) in [7, 11) is 0. The van der Waals surface area contributed by atoms with Gasteiger partial charge in [-0.25, -0.2) is 0 Å². The number of nitrogens with one attached hydrogen (secondary N) is 1. The third-order valence-electron chi connectivity index (χ3n) is 2.95. The molecular formula is C15H17NO. The first-order chi connectivity index (χ1) is 8.18. The van der Waals surface area contributed by atoms with E-state index >= 15 is 0 Å². The van der Waals surface area contributed by atoms with Crippen LogP contribution in [0.2, 0.25) is 0 Å². The monoisotopic (exact) mass is 227 g/mol. The van der Waals surface area contributed by atoms with E-state index in [1.165, 1.54) is 5.56 Å². The molecule has 0 saturated heterocycles. The molecule has 1 aromatic carbocycles. The zero-order valence-electron chi connectivity index (χ0n) is 10.2. The minimum Gasteiger partial charge on any atom is -0.348 e. The molecule has 1 aromatic rings. The molecule has 0 aliphatic carbocycles. The molecule has 0 radical (unpaired) electrons. The van der Waals surface area contributed by atoms with Gasteiger partial charge in [0.1, 0.15) is 0 Å². The average molecular weight is 227 g/mol. The zero-order chi connectivity index (χ0) is 12.3. The molecule has 0 atom stereocenters. The van der Waals surface area contributed by atoms with Gasteiger partial charge in [-0.15, -0.1) is 0 Å². The van der Waals surface area contributed by atoms with E-state index in [1.807, 2.05) is 30.3 Å². The summed E-state index contributed by atoms with van der Waals surface area (Å²) in [6.07, 6.45) is 0. The zero-order valence-corrected chi connectivity index (χ0v) is 10.2. The summed E-state index contributed by atoms with van der Waals surface area (Å²) in [5, 5.41) is 2.83. The fraction of sp³-hybridized carbons (Fsp3) is 0.267. The van der Waals surface area contributed by atoms with Gasteiger partial charge in [-0.05, 0) is 23.1 Å². The van der Waals surface area contributed by atoms with E-state index in [0.29, 0.717) is 12.5 Å². The summed E-state index contributed by atoms with van der Waals surface area (Å²) in [4.78, 5) is 11.6. The highest BCUT2D eigenvalue weighted by molar-refractivity contribution is 5.97. The summed E-state index contributed by atoms with van der Waals surface area (Å²) < 4.78 is 0. The number of carbonyl (C=O) groups is 1. The normalized spacial score (nSPS) is 13.0. The summed E-state index contributed by atoms with van der Waals surface area (Å²) in [6.45, 7) is 4.97. The van der Waals surface area contributed by atoms with Crippen molar-refractivity contribution in [2.45, 2.75) is 26.3 Å². The lowest BCUT2D eigenvalue weighted by atomic mass is 10.0. The molecule has 0 unspecified atom stereocenters. The van der Waals surface area contributed by atoms with Crippen LogP contribution in [0, 0.1) is 0 Å². The highest BCUT2D eigenvalue weighted by Crippen LogP contribution is 2.14. The maximum atomic E-state index is 11.6. The Morgan fingerprint density at radius 3 is 2.53 bits per heavy atom. The van der Waals surface area contributed by atoms with Crippen molar-refractivity contribution in [3.05, 3.63) is 59.2 Å². The Kier molecular flexibility index (Phi) is 3.43. The molecule has 1 heterocycles. The third kappa shape index (κ3) is 2.64. The molecule has 0 fully saturated rings. The van der Waals surface area contributed by atoms with Crippen LogP contribution >= 0.6 is 0 Å². The van der Waals surface area contributed by atoms with Crippen molar-refractivity contribution < 1.29 is 4.79 Å². The molecule has 1 amide bonds. The summed E-state index contributed by atoms with van der Waals surface area (Å²) in [6, 6.07) is 14.0. The lowest BCUT2D eigenvalue weighted by Gasteiger charge is -2.00. The SMILES string of the molecule is CC(C)c1ccccc2c(ccc1)CNC2=O. The molecular weight excluding hydrogens is 210 g/mol. The van der Waals surface area contributed by atoms with E-state index in [1.54, 1.807) is 0 Å². The Morgan fingerprint density at radius 1 is 1.06 bits per heavy atom. The molecule has 1 aliphatic heterocycles. The van der Waals surface area contributed by atoms with Gasteiger partial charge in [-0.2, -0.15) is 0 Å². The minimum absolute atomic E-state index is 0.0166. The largest absolute Gasteiger partial charge is 0.348 e. The van der Waals surface area contributed by atoms with Gasteiger partial charge in [0.2, 0.25) is 0 Å². The van der Waals surface area contributed by atoms with E-state index in [-0.39, 0.29) is 5.91 Å². The second-order valence-electron chi connectivity index (χ2n) is 4.52. The molecule has 0 spiro atoms. The first-order valence-electron chi connectivity index (χ1n) is 5.93. The van der Waals surface area contributed by atoms with E-state index in [0.717, 1.165) is 11.1 Å². The van der Waals surface area contributed by atoms with Crippen LogP contribution in [-0.4, -0.2) is 5.91 Å². The smallest absolute Gasteiger partial charge is 0.251 e. The fourth-order valence-corrected chi connectivity index (χ4v) is 1.88. The molecule has 17 heavy (non-hydrogen) atoms. The molecule has 0 aromatic heterocycles. The van der Waals surface area contributed by atoms with Crippen molar-refractivity contribution in [2.75, 3.05) is 0 Å². The Labute approximate surface area is 102 Å². The van der Waals surface area contributed by atoms with Gasteiger partial charge in [0.25, 0.3) is 5.91 Å². The quantitative estimate of drug-likeness (QED) is 0.784. The lowest BCUT2D eigenvalue weighted by Crippen LogP contribution is -2.12. The van der Waals surface area contributed by atoms with Gasteiger partial charge in [0.15, 0.2) is 0 Å². The fourth-order valence-electron chi connectivity index (χ4n) is 1.88. The van der Waals surface area contributed by atoms with E-state index in [4.69, 9.17) is 0 Å². The van der Waals surface area contributed by atoms with E-state index < -0.39 is 0 Å². The molecule has 2 nitrogen and oxygen atoms in total. The average Bonchev–Trinajstić information content (AvgIpc) is 2.65. The maximum absolute atomic E-state index is 11.6. The maximum Gasteiger partial charge on any atom is 0.251 e. The summed E-state index contributed by atoms with van der Waals surface area (Å²) in [5.74, 6) is 0.517. The number of carbonyl (C=O) groups excluding carboxylic acids is 1. The Bertz CT molecular complexity index is 490. The van der Waals surface area contributed by atoms with Crippen molar-refractivity contribution in [1.29, 1.82) is 0 Å². The molecule has 1 N–H and O–H groups in total. The molecule has 0 saturated carbocycles. The second-order valence-corrected chi connectivity index (χ2v) is 4.52. The standard InChI is InChI=1S/C15H17NO/c1-11(2)12-6-3-4-9-14-13(8-5-7-12)10-16-15(14)17/h3-9,11H,10H2,1-2H3,(H,16,17). The van der Waals surface area contributed by atoms with Gasteiger partial charge in [-0.3, -0.25) is 4.79 Å². The van der Waals surface area contributed by atoms with Gasteiger partial charge in [0.05, 0.1) is 0 Å². The van der Waals surface area contributed by atoms with Crippen molar-refractivity contribution in [3.63, 3.8) is 0 Å². The first kappa shape index (κ1) is 11.6. The van der Waals surface area contributed by atoms with Crippen LogP contribution in [0.3, 0.4) is 0 Å².